The van der Waals surface area contributed by atoms with Gasteiger partial charge in [-0.1, -0.05) is 19.3 Å². The number of carbonyl (C=O) groups is 2. The van der Waals surface area contributed by atoms with Crippen LogP contribution in [0.3, 0.4) is 0 Å². The number of aromatic nitrogens is 2. The topological polar surface area (TPSA) is 76.5 Å². The highest BCUT2D eigenvalue weighted by molar-refractivity contribution is 6.05. The summed E-state index contributed by atoms with van der Waals surface area (Å²) in [6, 6.07) is 4.42. The average molecular weight is 467 g/mol. The van der Waals surface area contributed by atoms with E-state index in [-0.39, 0.29) is 11.8 Å². The van der Waals surface area contributed by atoms with Crippen molar-refractivity contribution in [2.45, 2.75) is 76.8 Å². The minimum atomic E-state index is 0.0541. The van der Waals surface area contributed by atoms with Gasteiger partial charge in [-0.3, -0.25) is 14.6 Å². The maximum Gasteiger partial charge on any atom is 0.257 e. The van der Waals surface area contributed by atoms with E-state index in [0.29, 0.717) is 56.2 Å². The molecule has 3 aliphatic rings. The molecule has 5 rings (SSSR count). The third-order valence-corrected chi connectivity index (χ3v) is 8.03. The summed E-state index contributed by atoms with van der Waals surface area (Å²) >= 11 is 0. The van der Waals surface area contributed by atoms with Gasteiger partial charge in [-0.25, -0.2) is 0 Å². The van der Waals surface area contributed by atoms with Crippen LogP contribution >= 0.6 is 0 Å². The van der Waals surface area contributed by atoms with E-state index in [1.165, 1.54) is 19.3 Å². The fourth-order valence-electron chi connectivity index (χ4n) is 6.06. The Hall–Kier alpha value is -2.41. The molecule has 184 valence electrons. The van der Waals surface area contributed by atoms with E-state index in [0.717, 1.165) is 56.1 Å². The van der Waals surface area contributed by atoms with E-state index in [2.05, 4.69) is 20.9 Å². The average Bonchev–Trinajstić information content (AvgIpc) is 3.24. The zero-order valence-corrected chi connectivity index (χ0v) is 20.2. The van der Waals surface area contributed by atoms with Crippen molar-refractivity contribution in [1.82, 2.24) is 19.8 Å². The largest absolute Gasteiger partial charge is 0.378 e. The first kappa shape index (κ1) is 23.3. The molecule has 7 heteroatoms. The highest BCUT2D eigenvalue weighted by Crippen LogP contribution is 2.33. The van der Waals surface area contributed by atoms with Gasteiger partial charge in [0.05, 0.1) is 24.3 Å². The van der Waals surface area contributed by atoms with Crippen LogP contribution in [0.1, 0.15) is 74.6 Å². The molecule has 2 aromatic heterocycles. The first-order valence-electron chi connectivity index (χ1n) is 13.3. The Balaban J connectivity index is 1.17. The van der Waals surface area contributed by atoms with E-state index in [1.54, 1.807) is 6.20 Å². The van der Waals surface area contributed by atoms with E-state index < -0.39 is 0 Å². The highest BCUT2D eigenvalue weighted by Gasteiger charge is 2.27. The molecule has 1 N–H and O–H groups in total. The van der Waals surface area contributed by atoms with Gasteiger partial charge in [-0.2, -0.15) is 0 Å². The fourth-order valence-corrected chi connectivity index (χ4v) is 6.06. The summed E-state index contributed by atoms with van der Waals surface area (Å²) in [5, 5.41) is 3.28. The highest BCUT2D eigenvalue weighted by atomic mass is 16.5. The molecule has 7 nitrogen and oxygen atoms in total. The molecule has 3 heterocycles. The molecule has 0 unspecified atom stereocenters. The smallest absolute Gasteiger partial charge is 0.257 e. The summed E-state index contributed by atoms with van der Waals surface area (Å²) in [6.07, 6.45) is 15.1. The minimum Gasteiger partial charge on any atom is -0.378 e. The van der Waals surface area contributed by atoms with Crippen molar-refractivity contribution in [3.8, 4) is 0 Å². The normalized spacial score (nSPS) is 24.3. The Morgan fingerprint density at radius 3 is 2.50 bits per heavy atom. The standard InChI is InChI=1S/C27H38N4O3/c32-25(29-22-5-2-1-3-6-22)17-20-8-10-21(11-9-20)18-31-19-23(26-24(31)7-4-12-28-26)27(33)30-13-15-34-16-14-30/h4,7,12,19-22H,1-3,5-6,8-11,13-18H2,(H,29,32). The van der Waals surface area contributed by atoms with E-state index in [4.69, 9.17) is 4.74 Å². The Morgan fingerprint density at radius 1 is 1.00 bits per heavy atom. The quantitative estimate of drug-likeness (QED) is 0.694. The predicted molar refractivity (Wildman–Crippen MR) is 132 cm³/mol. The van der Waals surface area contributed by atoms with Crippen LogP contribution in [0.25, 0.3) is 11.0 Å². The van der Waals surface area contributed by atoms with Gasteiger partial charge in [-0.05, 0) is 62.5 Å². The summed E-state index contributed by atoms with van der Waals surface area (Å²) < 4.78 is 7.64. The van der Waals surface area contributed by atoms with Crippen LogP contribution in [0.2, 0.25) is 0 Å². The molecule has 2 amide bonds. The van der Waals surface area contributed by atoms with Gasteiger partial charge in [0.1, 0.15) is 5.52 Å². The van der Waals surface area contributed by atoms with Gasteiger partial charge >= 0.3 is 0 Å². The maximum atomic E-state index is 13.2. The number of morpholine rings is 1. The number of amides is 2. The van der Waals surface area contributed by atoms with Crippen LogP contribution < -0.4 is 5.32 Å². The van der Waals surface area contributed by atoms with Crippen LogP contribution in [0.5, 0.6) is 0 Å². The van der Waals surface area contributed by atoms with Crippen molar-refractivity contribution in [2.75, 3.05) is 26.3 Å². The molecule has 1 aliphatic heterocycles. The molecule has 34 heavy (non-hydrogen) atoms. The number of hydrogen-bond acceptors (Lipinski definition) is 4. The number of carbonyl (C=O) groups excluding carboxylic acids is 2. The number of fused-ring (bicyclic) bond motifs is 1. The molecule has 0 radical (unpaired) electrons. The third-order valence-electron chi connectivity index (χ3n) is 8.03. The SMILES string of the molecule is O=C(CC1CCC(Cn2cc(C(=O)N3CCOCC3)c3ncccc32)CC1)NC1CCCCC1. The van der Waals surface area contributed by atoms with Crippen molar-refractivity contribution in [3.63, 3.8) is 0 Å². The summed E-state index contributed by atoms with van der Waals surface area (Å²) in [7, 11) is 0. The maximum absolute atomic E-state index is 13.2. The van der Waals surface area contributed by atoms with Crippen molar-refractivity contribution < 1.29 is 14.3 Å². The molecule has 0 aromatic carbocycles. The third kappa shape index (κ3) is 5.45. The number of ether oxygens (including phenoxy) is 1. The number of rotatable bonds is 6. The Labute approximate surface area is 202 Å². The Morgan fingerprint density at radius 2 is 1.74 bits per heavy atom. The second kappa shape index (κ2) is 10.9. The Kier molecular flexibility index (Phi) is 7.48. The zero-order valence-electron chi connectivity index (χ0n) is 20.2. The molecule has 1 saturated heterocycles. The first-order valence-corrected chi connectivity index (χ1v) is 13.3. The molecular weight excluding hydrogens is 428 g/mol. The van der Waals surface area contributed by atoms with Gasteiger partial charge in [-0.15, -0.1) is 0 Å². The monoisotopic (exact) mass is 466 g/mol. The lowest BCUT2D eigenvalue weighted by molar-refractivity contribution is -0.123. The predicted octanol–water partition coefficient (Wildman–Crippen LogP) is 4.15. The molecular formula is C27H38N4O3. The van der Waals surface area contributed by atoms with Crippen molar-refractivity contribution in [2.24, 2.45) is 11.8 Å². The Bertz CT molecular complexity index is 983. The number of pyridine rings is 1. The number of nitrogens with zero attached hydrogens (tertiary/aromatic N) is 3. The summed E-state index contributed by atoms with van der Waals surface area (Å²) in [5.41, 5.74) is 2.53. The van der Waals surface area contributed by atoms with E-state index in [1.807, 2.05) is 17.2 Å². The molecule has 0 atom stereocenters. The lowest BCUT2D eigenvalue weighted by atomic mass is 9.80. The molecule has 3 fully saturated rings. The molecule has 0 spiro atoms. The lowest BCUT2D eigenvalue weighted by Crippen LogP contribution is -2.40. The minimum absolute atomic E-state index is 0.0541. The van der Waals surface area contributed by atoms with E-state index >= 15 is 0 Å². The molecule has 2 aromatic rings. The first-order chi connectivity index (χ1) is 16.7. The second-order valence-electron chi connectivity index (χ2n) is 10.5. The van der Waals surface area contributed by atoms with Gasteiger partial charge in [0, 0.05) is 44.5 Å². The van der Waals surface area contributed by atoms with Gasteiger partial charge in [0.25, 0.3) is 5.91 Å². The van der Waals surface area contributed by atoms with Crippen LogP contribution in [0.15, 0.2) is 24.5 Å². The van der Waals surface area contributed by atoms with Crippen molar-refractivity contribution in [3.05, 3.63) is 30.1 Å². The van der Waals surface area contributed by atoms with Gasteiger partial charge in [0.15, 0.2) is 0 Å². The van der Waals surface area contributed by atoms with Crippen LogP contribution in [-0.2, 0) is 16.1 Å². The molecule has 2 aliphatic carbocycles. The number of hydrogen-bond donors (Lipinski definition) is 1. The summed E-state index contributed by atoms with van der Waals surface area (Å²) in [4.78, 5) is 32.2. The lowest BCUT2D eigenvalue weighted by Gasteiger charge is -2.29. The van der Waals surface area contributed by atoms with Crippen molar-refractivity contribution >= 4 is 22.8 Å². The van der Waals surface area contributed by atoms with Crippen LogP contribution in [0, 0.1) is 11.8 Å². The second-order valence-corrected chi connectivity index (χ2v) is 10.5. The molecule has 0 bridgehead atoms. The van der Waals surface area contributed by atoms with Gasteiger partial charge < -0.3 is 19.5 Å². The van der Waals surface area contributed by atoms with Crippen molar-refractivity contribution in [1.29, 1.82) is 0 Å². The van der Waals surface area contributed by atoms with Crippen LogP contribution in [-0.4, -0.2) is 58.6 Å². The van der Waals surface area contributed by atoms with E-state index in [9.17, 15) is 9.59 Å². The van der Waals surface area contributed by atoms with Gasteiger partial charge in [0.2, 0.25) is 5.91 Å². The zero-order chi connectivity index (χ0) is 23.3. The number of nitrogens with one attached hydrogen (secondary N) is 1. The fraction of sp³-hybridized carbons (Fsp3) is 0.667. The van der Waals surface area contributed by atoms with Crippen LogP contribution in [0.4, 0.5) is 0 Å². The summed E-state index contributed by atoms with van der Waals surface area (Å²) in [6.45, 7) is 3.37. The molecule has 2 saturated carbocycles. The summed E-state index contributed by atoms with van der Waals surface area (Å²) in [5.74, 6) is 1.38.